The summed E-state index contributed by atoms with van der Waals surface area (Å²) in [5.41, 5.74) is 11.0. The average Bonchev–Trinajstić information content (AvgIpc) is 3.14. The molecule has 0 amide bonds. The predicted octanol–water partition coefficient (Wildman–Crippen LogP) is 10.5. The lowest BCUT2D eigenvalue weighted by atomic mass is 9.95. The largest absolute Gasteiger partial charge is 0.254 e. The molecule has 0 aliphatic rings. The van der Waals surface area contributed by atoms with Gasteiger partial charge in [0.05, 0.1) is 33.6 Å². The number of para-hydroxylation sites is 1. The quantitative estimate of drug-likeness (QED) is 0.193. The zero-order valence-corrected chi connectivity index (χ0v) is 24.8. The minimum Gasteiger partial charge on any atom is -0.254 e. The average molecular weight is 587 g/mol. The summed E-state index contributed by atoms with van der Waals surface area (Å²) in [4.78, 5) is 20.0. The summed E-state index contributed by atoms with van der Waals surface area (Å²) in [6.07, 6.45) is 3.82. The van der Waals surface area contributed by atoms with Crippen LogP contribution in [0.15, 0.2) is 158 Å². The maximum Gasteiger partial charge on any atom is 0.0971 e. The van der Waals surface area contributed by atoms with E-state index in [9.17, 15) is 0 Å². The molecule has 4 aromatic heterocycles. The van der Waals surface area contributed by atoms with Crippen LogP contribution in [0.3, 0.4) is 0 Å². The van der Waals surface area contributed by atoms with Gasteiger partial charge in [0.2, 0.25) is 0 Å². The third-order valence-electron chi connectivity index (χ3n) is 8.73. The van der Waals surface area contributed by atoms with E-state index in [1.807, 2.05) is 36.7 Å². The highest BCUT2D eigenvalue weighted by Crippen LogP contribution is 2.39. The van der Waals surface area contributed by atoms with Crippen molar-refractivity contribution in [3.05, 3.63) is 158 Å². The van der Waals surface area contributed by atoms with Crippen LogP contribution in [0.1, 0.15) is 0 Å². The first-order valence-electron chi connectivity index (χ1n) is 15.4. The number of fused-ring (bicyclic) bond motifs is 7. The van der Waals surface area contributed by atoms with Crippen LogP contribution >= 0.6 is 0 Å². The maximum absolute atomic E-state index is 5.26. The van der Waals surface area contributed by atoms with Crippen molar-refractivity contribution in [3.63, 3.8) is 0 Å². The van der Waals surface area contributed by atoms with Crippen LogP contribution < -0.4 is 0 Å². The van der Waals surface area contributed by atoms with E-state index in [-0.39, 0.29) is 0 Å². The summed E-state index contributed by atoms with van der Waals surface area (Å²) < 4.78 is 0. The maximum atomic E-state index is 5.26. The van der Waals surface area contributed by atoms with Crippen LogP contribution in [0.4, 0.5) is 0 Å². The van der Waals surface area contributed by atoms with E-state index in [0.29, 0.717) is 0 Å². The van der Waals surface area contributed by atoms with Crippen molar-refractivity contribution < 1.29 is 0 Å². The second-order valence-corrected chi connectivity index (χ2v) is 11.5. The van der Waals surface area contributed by atoms with Crippen molar-refractivity contribution >= 4 is 43.5 Å². The van der Waals surface area contributed by atoms with E-state index >= 15 is 0 Å². The Morgan fingerprint density at radius 2 is 1.07 bits per heavy atom. The molecule has 214 valence electrons. The second kappa shape index (κ2) is 10.7. The summed E-state index contributed by atoms with van der Waals surface area (Å²) in [5.74, 6) is 0. The normalized spacial score (nSPS) is 11.5. The van der Waals surface area contributed by atoms with E-state index in [1.54, 1.807) is 0 Å². The molecule has 0 saturated carbocycles. The summed E-state index contributed by atoms with van der Waals surface area (Å²) in [6.45, 7) is 0. The lowest BCUT2D eigenvalue weighted by Gasteiger charge is -2.14. The first-order chi connectivity index (χ1) is 22.8. The molecule has 0 N–H and O–H groups in total. The molecule has 9 rings (SSSR count). The minimum atomic E-state index is 0.888. The number of hydrogen-bond acceptors (Lipinski definition) is 4. The molecule has 0 radical (unpaired) electrons. The van der Waals surface area contributed by atoms with Crippen LogP contribution in [-0.4, -0.2) is 19.9 Å². The van der Waals surface area contributed by atoms with Gasteiger partial charge in [-0.2, -0.15) is 0 Å². The predicted molar refractivity (Wildman–Crippen MR) is 189 cm³/mol. The molecule has 0 spiro atoms. The molecular weight excluding hydrogens is 560 g/mol. The monoisotopic (exact) mass is 586 g/mol. The van der Waals surface area contributed by atoms with Gasteiger partial charge in [0.25, 0.3) is 0 Å². The van der Waals surface area contributed by atoms with Gasteiger partial charge in [-0.1, -0.05) is 121 Å². The van der Waals surface area contributed by atoms with Gasteiger partial charge in [-0.05, 0) is 35.4 Å². The molecule has 0 saturated heterocycles. The van der Waals surface area contributed by atoms with Crippen molar-refractivity contribution in [2.75, 3.05) is 0 Å². The number of rotatable bonds is 4. The Balaban J connectivity index is 1.24. The van der Waals surface area contributed by atoms with Crippen molar-refractivity contribution in [2.45, 2.75) is 0 Å². The molecule has 5 aromatic carbocycles. The van der Waals surface area contributed by atoms with Gasteiger partial charge in [-0.25, -0.2) is 9.97 Å². The smallest absolute Gasteiger partial charge is 0.0971 e. The Bertz CT molecular complexity index is 2500. The molecule has 0 unspecified atom stereocenters. The van der Waals surface area contributed by atoms with E-state index in [0.717, 1.165) is 88.4 Å². The Hall–Kier alpha value is -6.26. The van der Waals surface area contributed by atoms with Crippen molar-refractivity contribution in [1.29, 1.82) is 0 Å². The summed E-state index contributed by atoms with van der Waals surface area (Å²) in [5, 5.41) is 5.39. The Kier molecular flexibility index (Phi) is 6.10. The molecule has 0 bridgehead atoms. The van der Waals surface area contributed by atoms with E-state index in [2.05, 4.69) is 121 Å². The standard InChI is InChI=1S/C42H26N4/c1-3-10-28(11-4-1)37-24-32(25-38(45-37)29-12-5-2-6-13-29)27-17-19-31(20-18-27)40-39-34-22-21-30-14-9-23-43-41(30)42(34)44-26-35(39)33-15-7-8-16-36(33)46-40/h1-26H. The van der Waals surface area contributed by atoms with E-state index < -0.39 is 0 Å². The SMILES string of the molecule is c1ccc(-c2cc(-c3ccc(-c4nc5ccccc5c5cnc6c(ccc7cccnc76)c45)cc3)cc(-c3ccccc3)n2)cc1. The number of pyridine rings is 4. The summed E-state index contributed by atoms with van der Waals surface area (Å²) in [6, 6.07) is 50.5. The summed E-state index contributed by atoms with van der Waals surface area (Å²) in [7, 11) is 0. The molecule has 4 nitrogen and oxygen atoms in total. The molecule has 4 heteroatoms. The lowest BCUT2D eigenvalue weighted by molar-refractivity contribution is 1.32. The van der Waals surface area contributed by atoms with E-state index in [4.69, 9.17) is 19.9 Å². The van der Waals surface area contributed by atoms with Gasteiger partial charge in [0, 0.05) is 56.0 Å². The van der Waals surface area contributed by atoms with Crippen molar-refractivity contribution in [2.24, 2.45) is 0 Å². The first-order valence-corrected chi connectivity index (χ1v) is 15.4. The van der Waals surface area contributed by atoms with Crippen molar-refractivity contribution in [3.8, 4) is 44.9 Å². The number of hydrogen-bond donors (Lipinski definition) is 0. The number of benzene rings is 5. The second-order valence-electron chi connectivity index (χ2n) is 11.5. The highest BCUT2D eigenvalue weighted by atomic mass is 14.8. The van der Waals surface area contributed by atoms with Crippen LogP contribution in [0, 0.1) is 0 Å². The molecule has 9 aromatic rings. The van der Waals surface area contributed by atoms with Gasteiger partial charge >= 0.3 is 0 Å². The van der Waals surface area contributed by atoms with Gasteiger partial charge < -0.3 is 0 Å². The Labute approximate surface area is 265 Å². The fourth-order valence-corrected chi connectivity index (χ4v) is 6.48. The van der Waals surface area contributed by atoms with Crippen molar-refractivity contribution in [1.82, 2.24) is 19.9 Å². The Morgan fingerprint density at radius 3 is 1.80 bits per heavy atom. The molecular formula is C42H26N4. The highest BCUT2D eigenvalue weighted by Gasteiger charge is 2.16. The topological polar surface area (TPSA) is 51.6 Å². The zero-order valence-electron chi connectivity index (χ0n) is 24.8. The molecule has 0 aliphatic carbocycles. The zero-order chi connectivity index (χ0) is 30.5. The highest BCUT2D eigenvalue weighted by molar-refractivity contribution is 6.23. The molecule has 0 atom stereocenters. The van der Waals surface area contributed by atoms with Gasteiger partial charge in [0.1, 0.15) is 0 Å². The van der Waals surface area contributed by atoms with Crippen LogP contribution in [-0.2, 0) is 0 Å². The molecule has 4 heterocycles. The number of aromatic nitrogens is 4. The fourth-order valence-electron chi connectivity index (χ4n) is 6.48. The lowest BCUT2D eigenvalue weighted by Crippen LogP contribution is -1.94. The summed E-state index contributed by atoms with van der Waals surface area (Å²) >= 11 is 0. The van der Waals surface area contributed by atoms with Gasteiger partial charge in [-0.15, -0.1) is 0 Å². The fraction of sp³-hybridized carbons (Fsp3) is 0. The third-order valence-corrected chi connectivity index (χ3v) is 8.73. The first kappa shape index (κ1) is 26.2. The molecule has 46 heavy (non-hydrogen) atoms. The number of nitrogens with zero attached hydrogens (tertiary/aromatic N) is 4. The van der Waals surface area contributed by atoms with Crippen LogP contribution in [0.5, 0.6) is 0 Å². The van der Waals surface area contributed by atoms with Crippen LogP contribution in [0.2, 0.25) is 0 Å². The van der Waals surface area contributed by atoms with Gasteiger partial charge in [-0.3, -0.25) is 9.97 Å². The van der Waals surface area contributed by atoms with E-state index in [1.165, 1.54) is 0 Å². The van der Waals surface area contributed by atoms with Gasteiger partial charge in [0.15, 0.2) is 0 Å². The van der Waals surface area contributed by atoms with Crippen LogP contribution in [0.25, 0.3) is 88.4 Å². The molecule has 0 aliphatic heterocycles. The Morgan fingerprint density at radius 1 is 0.391 bits per heavy atom. The molecule has 0 fully saturated rings. The third kappa shape index (κ3) is 4.39. The minimum absolute atomic E-state index is 0.888.